The summed E-state index contributed by atoms with van der Waals surface area (Å²) < 4.78 is 52.2. The molecule has 7 rings (SSSR count). The summed E-state index contributed by atoms with van der Waals surface area (Å²) in [7, 11) is 0. The van der Waals surface area contributed by atoms with Crippen LogP contribution in [0.25, 0.3) is 32.1 Å². The number of ether oxygens (including phenoxy) is 1. The number of aromatic nitrogens is 2. The maximum atomic E-state index is 16.3. The Hall–Kier alpha value is -4.41. The highest BCUT2D eigenvalue weighted by atomic mass is 32.1. The summed E-state index contributed by atoms with van der Waals surface area (Å²) in [5.74, 6) is -0.871. The van der Waals surface area contributed by atoms with Crippen LogP contribution >= 0.6 is 11.3 Å². The van der Waals surface area contributed by atoms with Crippen molar-refractivity contribution >= 4 is 49.1 Å². The topological polar surface area (TPSA) is 112 Å². The van der Waals surface area contributed by atoms with Crippen molar-refractivity contribution in [1.82, 2.24) is 19.8 Å². The van der Waals surface area contributed by atoms with Gasteiger partial charge in [-0.25, -0.2) is 13.2 Å². The van der Waals surface area contributed by atoms with Crippen LogP contribution in [-0.4, -0.2) is 82.3 Å². The summed E-state index contributed by atoms with van der Waals surface area (Å²) in [4.78, 5) is 28.2. The summed E-state index contributed by atoms with van der Waals surface area (Å²) in [5.41, 5.74) is 6.54. The van der Waals surface area contributed by atoms with Crippen molar-refractivity contribution in [3.8, 4) is 23.2 Å². The van der Waals surface area contributed by atoms with E-state index in [2.05, 4.69) is 11.5 Å². The molecule has 2 aromatic heterocycles. The van der Waals surface area contributed by atoms with Crippen LogP contribution in [0.15, 0.2) is 36.9 Å². The van der Waals surface area contributed by atoms with E-state index >= 15 is 4.39 Å². The smallest absolute Gasteiger partial charge is 0.319 e. The number of hydrogen-bond donors (Lipinski definition) is 1. The molecule has 5 heterocycles. The van der Waals surface area contributed by atoms with Crippen molar-refractivity contribution in [2.45, 2.75) is 63.3 Å². The van der Waals surface area contributed by atoms with Crippen LogP contribution in [0.4, 0.5) is 24.0 Å². The molecule has 13 heteroatoms. The van der Waals surface area contributed by atoms with Gasteiger partial charge in [0.1, 0.15) is 41.3 Å². The molecule has 2 N–H and O–H groups in total. The third kappa shape index (κ3) is 5.13. The maximum Gasteiger partial charge on any atom is 0.319 e. The van der Waals surface area contributed by atoms with Gasteiger partial charge in [-0.05, 0) is 69.5 Å². The molecule has 3 aliphatic rings. The Morgan fingerprint density at radius 2 is 2.08 bits per heavy atom. The van der Waals surface area contributed by atoms with E-state index in [0.29, 0.717) is 54.8 Å². The Morgan fingerprint density at radius 1 is 1.27 bits per heavy atom. The van der Waals surface area contributed by atoms with Crippen LogP contribution in [0.5, 0.6) is 6.01 Å². The molecular weight excluding hydrogens is 639 g/mol. The van der Waals surface area contributed by atoms with E-state index in [0.717, 1.165) is 30.7 Å². The molecule has 0 aliphatic carbocycles. The number of hydrogen-bond acceptors (Lipinski definition) is 9. The van der Waals surface area contributed by atoms with E-state index in [1.54, 1.807) is 11.0 Å². The number of halogens is 3. The SMILES string of the molecule is C=CC(=O)N1CCC(N(CC)c2nc(OC[C@@]34CCCN3C[C@H](F)C4)nc3cc(-c4ccc(F)c5sc(N)c(C#N)c45)c(F)cc23)[C@@H]1C. The maximum absolute atomic E-state index is 16.3. The number of likely N-dealkylation sites (N-methyl/N-ethyl adjacent to an activating group) is 1. The monoisotopic (exact) mass is 675 g/mol. The molecule has 9 nitrogen and oxygen atoms in total. The molecule has 3 aliphatic heterocycles. The standard InChI is InChI=1S/C35H36F3N7O2S/c1-4-29(46)45-12-9-28(19(45)3)44(5-2)33-23-13-26(38)22(21-7-8-25(37)31-30(21)24(16-39)32(40)48-31)14-27(23)41-34(42-33)47-18-35-10-6-11-43(35)17-20(36)15-35/h4,7-8,13-14,19-20,28H,1,5-6,9-12,15,17-18,40H2,2-3H3/t19-,20+,28?,35-/m0/s1. The molecular formula is C35H36F3N7O2S. The number of likely N-dealkylation sites (tertiary alicyclic amines) is 1. The minimum absolute atomic E-state index is 0.0726. The molecule has 0 spiro atoms. The fourth-order valence-corrected chi connectivity index (χ4v) is 9.03. The van der Waals surface area contributed by atoms with E-state index in [4.69, 9.17) is 20.4 Å². The Balaban J connectivity index is 1.37. The largest absolute Gasteiger partial charge is 0.461 e. The third-order valence-corrected chi connectivity index (χ3v) is 11.4. The number of carbonyl (C=O) groups excluding carboxylic acids is 1. The number of benzene rings is 2. The van der Waals surface area contributed by atoms with Crippen molar-refractivity contribution in [2.75, 3.05) is 43.4 Å². The van der Waals surface area contributed by atoms with Gasteiger partial charge in [-0.1, -0.05) is 12.6 Å². The fraction of sp³-hybridized carbons (Fsp3) is 0.429. The molecule has 2 aromatic carbocycles. The highest BCUT2D eigenvalue weighted by molar-refractivity contribution is 7.23. The third-order valence-electron chi connectivity index (χ3n) is 10.4. The summed E-state index contributed by atoms with van der Waals surface area (Å²) in [6.45, 7) is 10.0. The first-order valence-electron chi connectivity index (χ1n) is 16.2. The van der Waals surface area contributed by atoms with Crippen LogP contribution in [0.3, 0.4) is 0 Å². The van der Waals surface area contributed by atoms with E-state index < -0.39 is 23.3 Å². The molecule has 48 heavy (non-hydrogen) atoms. The zero-order valence-corrected chi connectivity index (χ0v) is 27.6. The number of carbonyl (C=O) groups is 1. The molecule has 0 radical (unpaired) electrons. The lowest BCUT2D eigenvalue weighted by molar-refractivity contribution is -0.126. The first kappa shape index (κ1) is 32.2. The lowest BCUT2D eigenvalue weighted by atomic mass is 9.95. The zero-order chi connectivity index (χ0) is 33.9. The average Bonchev–Trinajstić information content (AvgIpc) is 3.81. The Labute approximate surface area is 280 Å². The first-order chi connectivity index (χ1) is 23.1. The number of alkyl halides is 1. The van der Waals surface area contributed by atoms with Crippen LogP contribution in [0.1, 0.15) is 45.1 Å². The second kappa shape index (κ2) is 12.2. The summed E-state index contributed by atoms with van der Waals surface area (Å²) in [6.07, 6.45) is 3.18. The van der Waals surface area contributed by atoms with E-state index in [9.17, 15) is 18.8 Å². The molecule has 4 atom stereocenters. The Morgan fingerprint density at radius 3 is 2.83 bits per heavy atom. The van der Waals surface area contributed by atoms with Gasteiger partial charge in [-0.2, -0.15) is 15.2 Å². The van der Waals surface area contributed by atoms with Crippen LogP contribution in [-0.2, 0) is 4.79 Å². The number of thiophene rings is 1. The van der Waals surface area contributed by atoms with Gasteiger partial charge in [-0.15, -0.1) is 11.3 Å². The first-order valence-corrected chi connectivity index (χ1v) is 17.0. The molecule has 1 unspecified atom stereocenters. The van der Waals surface area contributed by atoms with Gasteiger partial charge in [0, 0.05) is 48.4 Å². The second-order valence-corrected chi connectivity index (χ2v) is 14.0. The van der Waals surface area contributed by atoms with Gasteiger partial charge in [0.05, 0.1) is 27.4 Å². The van der Waals surface area contributed by atoms with Crippen molar-refractivity contribution in [3.05, 3.63) is 54.1 Å². The van der Waals surface area contributed by atoms with Crippen molar-refractivity contribution in [1.29, 1.82) is 5.26 Å². The van der Waals surface area contributed by atoms with Crippen LogP contribution in [0, 0.1) is 23.0 Å². The van der Waals surface area contributed by atoms with Crippen molar-refractivity contribution in [3.63, 3.8) is 0 Å². The van der Waals surface area contributed by atoms with Crippen LogP contribution < -0.4 is 15.4 Å². The van der Waals surface area contributed by atoms with E-state index in [1.165, 1.54) is 24.3 Å². The minimum atomic E-state index is -0.926. The molecule has 4 aromatic rings. The zero-order valence-electron chi connectivity index (χ0n) is 26.8. The van der Waals surface area contributed by atoms with Gasteiger partial charge >= 0.3 is 6.01 Å². The minimum Gasteiger partial charge on any atom is -0.461 e. The van der Waals surface area contributed by atoms with E-state index in [-0.39, 0.29) is 56.8 Å². The predicted molar refractivity (Wildman–Crippen MR) is 181 cm³/mol. The normalized spacial score (nSPS) is 23.9. The van der Waals surface area contributed by atoms with Crippen LogP contribution in [0.2, 0.25) is 0 Å². The summed E-state index contributed by atoms with van der Waals surface area (Å²) in [6, 6.07) is 7.41. The number of amides is 1. The molecule has 1 amide bonds. The number of fused-ring (bicyclic) bond motifs is 3. The highest BCUT2D eigenvalue weighted by Gasteiger charge is 2.49. The number of nitrogen functional groups attached to an aromatic ring is 1. The highest BCUT2D eigenvalue weighted by Crippen LogP contribution is 2.44. The molecule has 3 saturated heterocycles. The Bertz CT molecular complexity index is 2000. The van der Waals surface area contributed by atoms with Gasteiger partial charge in [0.25, 0.3) is 0 Å². The lowest BCUT2D eigenvalue weighted by Crippen LogP contribution is -2.45. The van der Waals surface area contributed by atoms with E-state index in [1.807, 2.05) is 24.8 Å². The van der Waals surface area contributed by atoms with Crippen molar-refractivity contribution < 1.29 is 22.7 Å². The Kier molecular flexibility index (Phi) is 8.20. The quantitative estimate of drug-likeness (QED) is 0.220. The summed E-state index contributed by atoms with van der Waals surface area (Å²) in [5, 5.41) is 10.7. The number of rotatable bonds is 8. The predicted octanol–water partition coefficient (Wildman–Crippen LogP) is 6.20. The number of nitriles is 1. The van der Waals surface area contributed by atoms with Crippen molar-refractivity contribution in [2.24, 2.45) is 0 Å². The molecule has 3 fully saturated rings. The fourth-order valence-electron chi connectivity index (χ4n) is 8.08. The second-order valence-electron chi connectivity index (χ2n) is 12.9. The number of anilines is 2. The van der Waals surface area contributed by atoms with Gasteiger partial charge in [0.2, 0.25) is 5.91 Å². The van der Waals surface area contributed by atoms with Gasteiger partial charge < -0.3 is 20.3 Å². The average molecular weight is 676 g/mol. The van der Waals surface area contributed by atoms with Gasteiger partial charge in [0.15, 0.2) is 0 Å². The molecule has 0 bridgehead atoms. The summed E-state index contributed by atoms with van der Waals surface area (Å²) >= 11 is 0.944. The molecule has 0 saturated carbocycles. The number of nitrogens with two attached hydrogens (primary N) is 1. The number of nitrogens with zero attached hydrogens (tertiary/aromatic N) is 6. The van der Waals surface area contributed by atoms with Gasteiger partial charge in [-0.3, -0.25) is 9.69 Å². The molecule has 250 valence electrons. The lowest BCUT2D eigenvalue weighted by Gasteiger charge is -2.34.